The lowest BCUT2D eigenvalue weighted by atomic mass is 10.0. The van der Waals surface area contributed by atoms with Crippen LogP contribution in [0.2, 0.25) is 0 Å². The number of carbonyl (C=O) groups is 3. The number of nitrogens with zero attached hydrogens (tertiary/aromatic N) is 5. The highest BCUT2D eigenvalue weighted by Crippen LogP contribution is 2.34. The Balaban J connectivity index is 1.38. The van der Waals surface area contributed by atoms with Crippen molar-refractivity contribution in [3.05, 3.63) is 41.0 Å². The van der Waals surface area contributed by atoms with E-state index in [0.29, 0.717) is 29.9 Å². The number of nitrogens with one attached hydrogen (secondary N) is 1. The van der Waals surface area contributed by atoms with E-state index < -0.39 is 11.9 Å². The maximum atomic E-state index is 13.1. The third-order valence-corrected chi connectivity index (χ3v) is 7.66. The minimum Gasteiger partial charge on any atom is -0.380 e. The molecule has 10 heteroatoms. The number of fused-ring (bicyclic) bond motifs is 2. The second-order valence-corrected chi connectivity index (χ2v) is 10.5. The zero-order chi connectivity index (χ0) is 25.8. The van der Waals surface area contributed by atoms with Gasteiger partial charge in [0.15, 0.2) is 5.82 Å². The van der Waals surface area contributed by atoms with Crippen LogP contribution in [0.15, 0.2) is 24.3 Å². The Morgan fingerprint density at radius 3 is 2.65 bits per heavy atom. The number of carbonyl (C=O) groups excluding carboxylic acids is 3. The molecule has 0 radical (unpaired) electrons. The summed E-state index contributed by atoms with van der Waals surface area (Å²) in [4.78, 5) is 46.0. The molecule has 192 valence electrons. The molecule has 2 fully saturated rings. The van der Waals surface area contributed by atoms with Gasteiger partial charge in [0.05, 0.1) is 11.2 Å². The lowest BCUT2D eigenvalue weighted by Gasteiger charge is -2.29. The van der Waals surface area contributed by atoms with E-state index in [9.17, 15) is 14.4 Å². The summed E-state index contributed by atoms with van der Waals surface area (Å²) in [5.41, 5.74) is 12.3. The third-order valence-electron chi connectivity index (χ3n) is 7.66. The van der Waals surface area contributed by atoms with Gasteiger partial charge in [-0.1, -0.05) is 6.07 Å². The van der Waals surface area contributed by atoms with E-state index in [4.69, 9.17) is 10.7 Å². The molecule has 0 saturated carbocycles. The predicted octanol–water partition coefficient (Wildman–Crippen LogP) is 2.62. The molecule has 3 aromatic rings. The van der Waals surface area contributed by atoms with Crippen LogP contribution >= 0.6 is 0 Å². The quantitative estimate of drug-likeness (QED) is 0.515. The average molecular weight is 502 g/mol. The molecular formula is C27H31N7O3. The van der Waals surface area contributed by atoms with E-state index >= 15 is 0 Å². The second-order valence-electron chi connectivity index (χ2n) is 10.5. The van der Waals surface area contributed by atoms with Gasteiger partial charge in [-0.2, -0.15) is 5.10 Å². The van der Waals surface area contributed by atoms with E-state index in [1.807, 2.05) is 22.9 Å². The molecule has 2 saturated heterocycles. The van der Waals surface area contributed by atoms with E-state index in [1.54, 1.807) is 4.90 Å². The fourth-order valence-electron chi connectivity index (χ4n) is 5.80. The average Bonchev–Trinajstić information content (AvgIpc) is 3.58. The van der Waals surface area contributed by atoms with Crippen LogP contribution < -0.4 is 11.1 Å². The first-order valence-corrected chi connectivity index (χ1v) is 13.0. The fraction of sp³-hybridized carbons (Fsp3) is 0.444. The van der Waals surface area contributed by atoms with Crippen molar-refractivity contribution in [2.24, 2.45) is 0 Å². The number of hydrogen-bond donors (Lipinski definition) is 2. The Morgan fingerprint density at radius 2 is 1.92 bits per heavy atom. The summed E-state index contributed by atoms with van der Waals surface area (Å²) in [6.07, 6.45) is 2.98. The normalized spacial score (nSPS) is 20.4. The van der Waals surface area contributed by atoms with Gasteiger partial charge in [0.25, 0.3) is 5.91 Å². The molecule has 37 heavy (non-hydrogen) atoms. The van der Waals surface area contributed by atoms with E-state index in [2.05, 4.69) is 35.2 Å². The number of amides is 3. The summed E-state index contributed by atoms with van der Waals surface area (Å²) < 4.78 is 1.96. The Kier molecular flexibility index (Phi) is 5.71. The van der Waals surface area contributed by atoms with Crippen LogP contribution in [0.1, 0.15) is 67.1 Å². The van der Waals surface area contributed by atoms with Crippen molar-refractivity contribution >= 4 is 34.6 Å². The minimum absolute atomic E-state index is 0.147. The highest BCUT2D eigenvalue weighted by Gasteiger charge is 2.39. The van der Waals surface area contributed by atoms with Crippen molar-refractivity contribution < 1.29 is 14.4 Å². The molecule has 1 unspecified atom stereocenters. The van der Waals surface area contributed by atoms with Crippen molar-refractivity contribution in [3.8, 4) is 11.3 Å². The molecule has 3 N–H and O–H groups in total. The number of aromatic nitrogens is 3. The predicted molar refractivity (Wildman–Crippen MR) is 138 cm³/mol. The lowest BCUT2D eigenvalue weighted by molar-refractivity contribution is -0.136. The van der Waals surface area contributed by atoms with Crippen molar-refractivity contribution in [1.29, 1.82) is 0 Å². The smallest absolute Gasteiger partial charge is 0.255 e. The number of hydrogen-bond acceptors (Lipinski definition) is 7. The van der Waals surface area contributed by atoms with Crippen LogP contribution in [0.25, 0.3) is 22.3 Å². The molecule has 0 aliphatic carbocycles. The summed E-state index contributed by atoms with van der Waals surface area (Å²) in [6.45, 7) is 7.45. The number of anilines is 1. The van der Waals surface area contributed by atoms with Crippen molar-refractivity contribution in [1.82, 2.24) is 29.9 Å². The summed E-state index contributed by atoms with van der Waals surface area (Å²) >= 11 is 0. The SMILES string of the molecule is CC(C)n1nc(N)c2nc(-c3ccc4c(c3)CN(C3CCC(=O)NC3=O)C4=O)cc(CN3CCCC3)c21. The summed E-state index contributed by atoms with van der Waals surface area (Å²) in [5, 5.41) is 6.95. The number of nitrogen functional groups attached to an aromatic ring is 1. The first-order valence-electron chi connectivity index (χ1n) is 13.0. The third kappa shape index (κ3) is 4.05. The molecule has 0 spiro atoms. The molecule has 10 nitrogen and oxygen atoms in total. The van der Waals surface area contributed by atoms with Gasteiger partial charge in [-0.25, -0.2) is 4.98 Å². The van der Waals surface area contributed by atoms with Gasteiger partial charge in [0, 0.05) is 36.7 Å². The molecule has 1 aromatic carbocycles. The van der Waals surface area contributed by atoms with Gasteiger partial charge < -0.3 is 10.6 Å². The number of imide groups is 1. The molecule has 3 aliphatic rings. The maximum Gasteiger partial charge on any atom is 0.255 e. The Bertz CT molecular complexity index is 1440. The Hall–Kier alpha value is -3.79. The van der Waals surface area contributed by atoms with Crippen LogP contribution in [0.5, 0.6) is 0 Å². The number of benzene rings is 1. The zero-order valence-electron chi connectivity index (χ0n) is 21.2. The van der Waals surface area contributed by atoms with Crippen molar-refractivity contribution in [3.63, 3.8) is 0 Å². The van der Waals surface area contributed by atoms with Gasteiger partial charge in [-0.15, -0.1) is 0 Å². The second kappa shape index (κ2) is 8.95. The number of pyridine rings is 1. The highest BCUT2D eigenvalue weighted by molar-refractivity contribution is 6.05. The van der Waals surface area contributed by atoms with Crippen LogP contribution in [-0.2, 0) is 22.7 Å². The number of rotatable bonds is 5. The Morgan fingerprint density at radius 1 is 1.14 bits per heavy atom. The molecule has 2 aromatic heterocycles. The standard InChI is InChI=1S/C27H31N7O3/c1-15(2)34-24-18(13-32-9-3-4-10-32)12-20(29-23(24)25(28)31-34)16-5-6-19-17(11-16)14-33(27(19)37)21-7-8-22(35)30-26(21)36/h5-6,11-12,15,21H,3-4,7-10,13-14H2,1-2H3,(H2,28,31)(H,30,35,36). The van der Waals surface area contributed by atoms with Gasteiger partial charge >= 0.3 is 0 Å². The van der Waals surface area contributed by atoms with Crippen LogP contribution in [0, 0.1) is 0 Å². The van der Waals surface area contributed by atoms with Gasteiger partial charge in [-0.3, -0.25) is 29.3 Å². The van der Waals surface area contributed by atoms with Gasteiger partial charge in [0.2, 0.25) is 11.8 Å². The lowest BCUT2D eigenvalue weighted by Crippen LogP contribution is -2.52. The number of nitrogens with two attached hydrogens (primary N) is 1. The molecule has 3 amide bonds. The molecule has 6 rings (SSSR count). The minimum atomic E-state index is -0.635. The van der Waals surface area contributed by atoms with Crippen molar-refractivity contribution in [2.75, 3.05) is 18.8 Å². The van der Waals surface area contributed by atoms with Gasteiger partial charge in [-0.05, 0) is 75.5 Å². The van der Waals surface area contributed by atoms with E-state index in [0.717, 1.165) is 47.5 Å². The monoisotopic (exact) mass is 501 g/mol. The molecule has 3 aliphatic heterocycles. The number of piperidine rings is 1. The van der Waals surface area contributed by atoms with Gasteiger partial charge in [0.1, 0.15) is 11.6 Å². The first-order chi connectivity index (χ1) is 17.8. The van der Waals surface area contributed by atoms with Crippen molar-refractivity contribution in [2.45, 2.75) is 64.7 Å². The first kappa shape index (κ1) is 23.6. The topological polar surface area (TPSA) is 126 Å². The van der Waals surface area contributed by atoms with Crippen LogP contribution in [0.3, 0.4) is 0 Å². The van der Waals surface area contributed by atoms with Crippen LogP contribution in [-0.4, -0.2) is 61.4 Å². The Labute approximate surface area is 214 Å². The van der Waals surface area contributed by atoms with E-state index in [1.165, 1.54) is 12.8 Å². The fourth-order valence-corrected chi connectivity index (χ4v) is 5.80. The maximum absolute atomic E-state index is 13.1. The van der Waals surface area contributed by atoms with Crippen LogP contribution in [0.4, 0.5) is 5.82 Å². The summed E-state index contributed by atoms with van der Waals surface area (Å²) in [6, 6.07) is 7.33. The molecule has 0 bridgehead atoms. The summed E-state index contributed by atoms with van der Waals surface area (Å²) in [7, 11) is 0. The molecular weight excluding hydrogens is 470 g/mol. The zero-order valence-corrected chi connectivity index (χ0v) is 21.2. The molecule has 5 heterocycles. The molecule has 1 atom stereocenters. The summed E-state index contributed by atoms with van der Waals surface area (Å²) in [5.74, 6) is -0.474. The number of likely N-dealkylation sites (tertiary alicyclic amines) is 1. The highest BCUT2D eigenvalue weighted by atomic mass is 16.2. The largest absolute Gasteiger partial charge is 0.380 e. The van der Waals surface area contributed by atoms with E-state index in [-0.39, 0.29) is 24.3 Å².